The summed E-state index contributed by atoms with van der Waals surface area (Å²) in [5.41, 5.74) is 3.73. The van der Waals surface area contributed by atoms with Gasteiger partial charge < -0.3 is 10.2 Å². The quantitative estimate of drug-likeness (QED) is 0.882. The van der Waals surface area contributed by atoms with Crippen LogP contribution in [0.25, 0.3) is 0 Å². The number of fused-ring (bicyclic) bond motifs is 1. The third kappa shape index (κ3) is 2.29. The normalized spacial score (nSPS) is 13.9. The topological polar surface area (TPSA) is 15.3 Å². The van der Waals surface area contributed by atoms with Crippen molar-refractivity contribution in [3.05, 3.63) is 59.1 Å². The third-order valence-corrected chi connectivity index (χ3v) is 3.44. The van der Waals surface area contributed by atoms with Gasteiger partial charge in [-0.05, 0) is 29.8 Å². The van der Waals surface area contributed by atoms with E-state index in [-0.39, 0.29) is 0 Å². The average molecular weight is 259 g/mol. The molecule has 0 bridgehead atoms. The fourth-order valence-electron chi connectivity index (χ4n) is 2.36. The molecule has 2 aromatic rings. The van der Waals surface area contributed by atoms with E-state index in [0.717, 1.165) is 24.7 Å². The van der Waals surface area contributed by atoms with Crippen LogP contribution in [0, 0.1) is 0 Å². The second-order valence-corrected chi connectivity index (χ2v) is 4.93. The highest BCUT2D eigenvalue weighted by atomic mass is 35.5. The van der Waals surface area contributed by atoms with E-state index in [9.17, 15) is 0 Å². The van der Waals surface area contributed by atoms with Crippen molar-refractivity contribution < 1.29 is 0 Å². The number of halogens is 1. The van der Waals surface area contributed by atoms with Crippen molar-refractivity contribution >= 4 is 23.0 Å². The van der Waals surface area contributed by atoms with Crippen molar-refractivity contribution in [2.24, 2.45) is 0 Å². The van der Waals surface area contributed by atoms with Crippen molar-refractivity contribution in [3.8, 4) is 0 Å². The summed E-state index contributed by atoms with van der Waals surface area (Å²) in [5.74, 6) is 0. The van der Waals surface area contributed by atoms with Crippen LogP contribution in [0.4, 0.5) is 11.4 Å². The van der Waals surface area contributed by atoms with Gasteiger partial charge in [0.05, 0.1) is 11.4 Å². The SMILES string of the molecule is Clc1cccc(CN2CCNc3ccccc32)c1. The van der Waals surface area contributed by atoms with Crippen LogP contribution in [0.2, 0.25) is 5.02 Å². The zero-order valence-electron chi connectivity index (χ0n) is 10.1. The highest BCUT2D eigenvalue weighted by Gasteiger charge is 2.15. The van der Waals surface area contributed by atoms with E-state index >= 15 is 0 Å². The summed E-state index contributed by atoms with van der Waals surface area (Å²) in [7, 11) is 0. The van der Waals surface area contributed by atoms with Gasteiger partial charge in [-0.25, -0.2) is 0 Å². The Bertz CT molecular complexity index is 554. The summed E-state index contributed by atoms with van der Waals surface area (Å²) in [6.45, 7) is 2.90. The number of rotatable bonds is 2. The van der Waals surface area contributed by atoms with Gasteiger partial charge in [-0.3, -0.25) is 0 Å². The van der Waals surface area contributed by atoms with Gasteiger partial charge in [0.1, 0.15) is 0 Å². The maximum absolute atomic E-state index is 6.03. The van der Waals surface area contributed by atoms with E-state index in [2.05, 4.69) is 40.5 Å². The molecule has 3 rings (SSSR count). The van der Waals surface area contributed by atoms with Gasteiger partial charge in [0.25, 0.3) is 0 Å². The van der Waals surface area contributed by atoms with Crippen molar-refractivity contribution in [2.75, 3.05) is 23.3 Å². The second-order valence-electron chi connectivity index (χ2n) is 4.50. The van der Waals surface area contributed by atoms with Crippen LogP contribution in [0.15, 0.2) is 48.5 Å². The van der Waals surface area contributed by atoms with Crippen LogP contribution in [-0.4, -0.2) is 13.1 Å². The first-order chi connectivity index (χ1) is 8.83. The van der Waals surface area contributed by atoms with Crippen LogP contribution in [-0.2, 0) is 6.54 Å². The number of nitrogens with zero attached hydrogens (tertiary/aromatic N) is 1. The third-order valence-electron chi connectivity index (χ3n) is 3.20. The molecular weight excluding hydrogens is 244 g/mol. The van der Waals surface area contributed by atoms with Gasteiger partial charge in [0.2, 0.25) is 0 Å². The molecule has 0 unspecified atom stereocenters. The summed E-state index contributed by atoms with van der Waals surface area (Å²) >= 11 is 6.03. The molecule has 0 atom stereocenters. The van der Waals surface area contributed by atoms with Crippen molar-refractivity contribution in [2.45, 2.75) is 6.54 Å². The molecule has 1 aliphatic rings. The lowest BCUT2D eigenvalue weighted by Crippen LogP contribution is -2.33. The molecular formula is C15H15ClN2. The molecule has 18 heavy (non-hydrogen) atoms. The molecule has 92 valence electrons. The largest absolute Gasteiger partial charge is 0.382 e. The van der Waals surface area contributed by atoms with Crippen molar-refractivity contribution in [1.82, 2.24) is 0 Å². The minimum absolute atomic E-state index is 0.802. The number of para-hydroxylation sites is 2. The van der Waals surface area contributed by atoms with Crippen molar-refractivity contribution in [1.29, 1.82) is 0 Å². The molecule has 0 saturated carbocycles. The average Bonchev–Trinajstić information content (AvgIpc) is 2.39. The van der Waals surface area contributed by atoms with E-state index in [1.54, 1.807) is 0 Å². The van der Waals surface area contributed by atoms with Crippen LogP contribution in [0.5, 0.6) is 0 Å². The minimum atomic E-state index is 0.802. The molecule has 0 fully saturated rings. The van der Waals surface area contributed by atoms with Gasteiger partial charge in [0, 0.05) is 24.7 Å². The van der Waals surface area contributed by atoms with Crippen molar-refractivity contribution in [3.63, 3.8) is 0 Å². The van der Waals surface area contributed by atoms with Crippen LogP contribution < -0.4 is 10.2 Å². The number of hydrogen-bond donors (Lipinski definition) is 1. The highest BCUT2D eigenvalue weighted by molar-refractivity contribution is 6.30. The molecule has 0 saturated heterocycles. The fraction of sp³-hybridized carbons (Fsp3) is 0.200. The van der Waals surface area contributed by atoms with Gasteiger partial charge in [-0.15, -0.1) is 0 Å². The summed E-state index contributed by atoms with van der Waals surface area (Å²) in [6.07, 6.45) is 0. The Kier molecular flexibility index (Phi) is 3.11. The summed E-state index contributed by atoms with van der Waals surface area (Å²) < 4.78 is 0. The first-order valence-corrected chi connectivity index (χ1v) is 6.53. The van der Waals surface area contributed by atoms with E-state index in [1.165, 1.54) is 16.9 Å². The Balaban J connectivity index is 1.86. The molecule has 0 aromatic heterocycles. The van der Waals surface area contributed by atoms with Crippen LogP contribution >= 0.6 is 11.6 Å². The summed E-state index contributed by atoms with van der Waals surface area (Å²) in [4.78, 5) is 2.39. The Morgan fingerprint density at radius 3 is 2.89 bits per heavy atom. The van der Waals surface area contributed by atoms with Gasteiger partial charge >= 0.3 is 0 Å². The lowest BCUT2D eigenvalue weighted by atomic mass is 10.1. The predicted molar refractivity (Wildman–Crippen MR) is 77.4 cm³/mol. The zero-order valence-corrected chi connectivity index (χ0v) is 10.8. The number of nitrogens with one attached hydrogen (secondary N) is 1. The number of benzene rings is 2. The lowest BCUT2D eigenvalue weighted by molar-refractivity contribution is 0.787. The maximum atomic E-state index is 6.03. The molecule has 1 aliphatic heterocycles. The molecule has 1 heterocycles. The van der Waals surface area contributed by atoms with Crippen LogP contribution in [0.1, 0.15) is 5.56 Å². The molecule has 0 radical (unpaired) electrons. The predicted octanol–water partition coefficient (Wildman–Crippen LogP) is 3.77. The Labute approximate surface area is 112 Å². The van der Waals surface area contributed by atoms with Crippen LogP contribution in [0.3, 0.4) is 0 Å². The molecule has 3 heteroatoms. The van der Waals surface area contributed by atoms with Gasteiger partial charge in [-0.1, -0.05) is 35.9 Å². The molecule has 1 N–H and O–H groups in total. The first kappa shape index (κ1) is 11.4. The zero-order chi connectivity index (χ0) is 12.4. The molecule has 2 nitrogen and oxygen atoms in total. The standard InChI is InChI=1S/C15H15ClN2/c16-13-5-3-4-12(10-13)11-18-9-8-17-14-6-1-2-7-15(14)18/h1-7,10,17H,8-9,11H2. The Morgan fingerprint density at radius 1 is 1.11 bits per heavy atom. The van der Waals surface area contributed by atoms with E-state index in [4.69, 9.17) is 11.6 Å². The molecule has 0 amide bonds. The van der Waals surface area contributed by atoms with E-state index in [0.29, 0.717) is 0 Å². The highest BCUT2D eigenvalue weighted by Crippen LogP contribution is 2.29. The fourth-order valence-corrected chi connectivity index (χ4v) is 2.58. The minimum Gasteiger partial charge on any atom is -0.382 e. The maximum Gasteiger partial charge on any atom is 0.0605 e. The second kappa shape index (κ2) is 4.91. The number of hydrogen-bond acceptors (Lipinski definition) is 2. The monoisotopic (exact) mass is 258 g/mol. The summed E-state index contributed by atoms with van der Waals surface area (Å²) in [5, 5.41) is 4.22. The van der Waals surface area contributed by atoms with E-state index in [1.807, 2.05) is 18.2 Å². The van der Waals surface area contributed by atoms with E-state index < -0.39 is 0 Å². The molecule has 0 aliphatic carbocycles. The Morgan fingerprint density at radius 2 is 2.00 bits per heavy atom. The number of anilines is 2. The summed E-state index contributed by atoms with van der Waals surface area (Å²) in [6, 6.07) is 16.5. The molecule has 0 spiro atoms. The van der Waals surface area contributed by atoms with Gasteiger partial charge in [0.15, 0.2) is 0 Å². The Hall–Kier alpha value is -1.67. The first-order valence-electron chi connectivity index (χ1n) is 6.15. The molecule has 2 aromatic carbocycles. The lowest BCUT2D eigenvalue weighted by Gasteiger charge is -2.32. The van der Waals surface area contributed by atoms with Gasteiger partial charge in [-0.2, -0.15) is 0 Å². The smallest absolute Gasteiger partial charge is 0.0605 e.